The standard InChI is InChI=1S/C16H18/c1-2-4-6-8-10-15-12-13-16(14-15)11-9-7-5-3-1/h1-2,5-11,14H,3-4,12-13H2/b2-1-,7-5-,8-6-,11-9-,15-10-. The van der Waals surface area contributed by atoms with Crippen molar-refractivity contribution in [3.8, 4) is 0 Å². The van der Waals surface area contributed by atoms with Crippen molar-refractivity contribution in [2.45, 2.75) is 25.7 Å². The summed E-state index contributed by atoms with van der Waals surface area (Å²) >= 11 is 0. The van der Waals surface area contributed by atoms with Gasteiger partial charge >= 0.3 is 0 Å². The first kappa shape index (κ1) is 10.9. The molecular formula is C16H18. The van der Waals surface area contributed by atoms with Crippen molar-refractivity contribution in [1.29, 1.82) is 0 Å². The number of hydrogen-bond donors (Lipinski definition) is 0. The summed E-state index contributed by atoms with van der Waals surface area (Å²) in [5.74, 6) is 0. The van der Waals surface area contributed by atoms with E-state index < -0.39 is 0 Å². The Balaban J connectivity index is 2.13. The smallest absolute Gasteiger partial charge is 0.0166 e. The lowest BCUT2D eigenvalue weighted by Crippen LogP contribution is -1.68. The SMILES string of the molecule is C1=C2/C=C\C=C/C/C=C\C/C=C\C=C1\CC2. The van der Waals surface area contributed by atoms with Crippen LogP contribution in [0.3, 0.4) is 0 Å². The molecule has 0 heteroatoms. The number of allylic oxidation sites excluding steroid dienone is 12. The van der Waals surface area contributed by atoms with E-state index in [4.69, 9.17) is 0 Å². The third-order valence-corrected chi connectivity index (χ3v) is 2.79. The molecule has 2 aliphatic rings. The summed E-state index contributed by atoms with van der Waals surface area (Å²) in [5.41, 5.74) is 2.89. The van der Waals surface area contributed by atoms with Crippen molar-refractivity contribution in [2.24, 2.45) is 0 Å². The lowest BCUT2D eigenvalue weighted by molar-refractivity contribution is 1.03. The molecule has 82 valence electrons. The Morgan fingerprint density at radius 2 is 1.44 bits per heavy atom. The van der Waals surface area contributed by atoms with Crippen LogP contribution >= 0.6 is 0 Å². The molecule has 16 heavy (non-hydrogen) atoms. The molecule has 0 aromatic heterocycles. The van der Waals surface area contributed by atoms with E-state index in [2.05, 4.69) is 60.8 Å². The maximum atomic E-state index is 2.30. The summed E-state index contributed by atoms with van der Waals surface area (Å²) < 4.78 is 0. The van der Waals surface area contributed by atoms with Gasteiger partial charge in [-0.3, -0.25) is 0 Å². The van der Waals surface area contributed by atoms with Gasteiger partial charge in [-0.25, -0.2) is 0 Å². The average Bonchev–Trinajstić information content (AvgIpc) is 2.73. The quantitative estimate of drug-likeness (QED) is 0.510. The monoisotopic (exact) mass is 210 g/mol. The minimum Gasteiger partial charge on any atom is -0.0844 e. The summed E-state index contributed by atoms with van der Waals surface area (Å²) in [4.78, 5) is 0. The van der Waals surface area contributed by atoms with Gasteiger partial charge in [-0.15, -0.1) is 0 Å². The van der Waals surface area contributed by atoms with Crippen molar-refractivity contribution in [1.82, 2.24) is 0 Å². The van der Waals surface area contributed by atoms with Crippen LogP contribution in [0.1, 0.15) is 25.7 Å². The van der Waals surface area contributed by atoms with Gasteiger partial charge in [0.05, 0.1) is 0 Å². The van der Waals surface area contributed by atoms with Gasteiger partial charge in [-0.1, -0.05) is 60.8 Å². The second-order valence-corrected chi connectivity index (χ2v) is 4.12. The minimum atomic E-state index is 1.03. The molecule has 2 aliphatic carbocycles. The van der Waals surface area contributed by atoms with Gasteiger partial charge in [0.2, 0.25) is 0 Å². The zero-order chi connectivity index (χ0) is 11.1. The Morgan fingerprint density at radius 1 is 0.688 bits per heavy atom. The van der Waals surface area contributed by atoms with Gasteiger partial charge in [-0.2, -0.15) is 0 Å². The molecule has 0 nitrogen and oxygen atoms in total. The van der Waals surface area contributed by atoms with Crippen LogP contribution in [0.15, 0.2) is 71.9 Å². The van der Waals surface area contributed by atoms with E-state index in [1.165, 1.54) is 24.0 Å². The van der Waals surface area contributed by atoms with Gasteiger partial charge < -0.3 is 0 Å². The van der Waals surface area contributed by atoms with E-state index >= 15 is 0 Å². The number of rotatable bonds is 0. The highest BCUT2D eigenvalue weighted by Gasteiger charge is 2.04. The molecule has 0 radical (unpaired) electrons. The maximum absolute atomic E-state index is 2.30. The fraction of sp³-hybridized carbons (Fsp3) is 0.250. The molecule has 0 heterocycles. The first-order valence-corrected chi connectivity index (χ1v) is 5.99. The Hall–Kier alpha value is -1.56. The van der Waals surface area contributed by atoms with E-state index in [9.17, 15) is 0 Å². The topological polar surface area (TPSA) is 0 Å². The molecule has 0 aromatic rings. The first-order valence-electron chi connectivity index (χ1n) is 5.99. The minimum absolute atomic E-state index is 1.03. The highest BCUT2D eigenvalue weighted by atomic mass is 14.1. The number of fused-ring (bicyclic) bond motifs is 1. The second-order valence-electron chi connectivity index (χ2n) is 4.12. The van der Waals surface area contributed by atoms with Crippen molar-refractivity contribution >= 4 is 0 Å². The van der Waals surface area contributed by atoms with Crippen molar-refractivity contribution in [2.75, 3.05) is 0 Å². The van der Waals surface area contributed by atoms with E-state index in [1.54, 1.807) is 0 Å². The maximum Gasteiger partial charge on any atom is -0.0166 e. The zero-order valence-electron chi connectivity index (χ0n) is 9.60. The molecule has 2 bridgehead atoms. The molecule has 0 atom stereocenters. The summed E-state index contributed by atoms with van der Waals surface area (Å²) in [5, 5.41) is 0. The Bertz CT molecular complexity index is 398. The molecule has 0 amide bonds. The van der Waals surface area contributed by atoms with Crippen LogP contribution < -0.4 is 0 Å². The average molecular weight is 210 g/mol. The molecule has 0 saturated heterocycles. The molecule has 0 spiro atoms. The Kier molecular flexibility index (Phi) is 4.18. The highest BCUT2D eigenvalue weighted by Crippen LogP contribution is 2.24. The lowest BCUT2D eigenvalue weighted by Gasteiger charge is -1.87. The van der Waals surface area contributed by atoms with Crippen LogP contribution in [0.4, 0.5) is 0 Å². The zero-order valence-corrected chi connectivity index (χ0v) is 9.60. The van der Waals surface area contributed by atoms with E-state index in [0.29, 0.717) is 0 Å². The number of hydrogen-bond acceptors (Lipinski definition) is 0. The van der Waals surface area contributed by atoms with E-state index in [0.717, 1.165) is 12.8 Å². The van der Waals surface area contributed by atoms with Gasteiger partial charge in [0, 0.05) is 0 Å². The fourth-order valence-electron chi connectivity index (χ4n) is 1.89. The molecule has 0 fully saturated rings. The molecule has 0 aromatic carbocycles. The van der Waals surface area contributed by atoms with Crippen LogP contribution in [0.25, 0.3) is 0 Å². The van der Waals surface area contributed by atoms with Gasteiger partial charge in [0.1, 0.15) is 0 Å². The largest absolute Gasteiger partial charge is 0.0844 e. The highest BCUT2D eigenvalue weighted by molar-refractivity contribution is 5.39. The van der Waals surface area contributed by atoms with E-state index in [-0.39, 0.29) is 0 Å². The Labute approximate surface area is 98.1 Å². The van der Waals surface area contributed by atoms with Crippen LogP contribution in [-0.2, 0) is 0 Å². The summed E-state index contributed by atoms with van der Waals surface area (Å²) in [7, 11) is 0. The predicted molar refractivity (Wildman–Crippen MR) is 71.2 cm³/mol. The fourth-order valence-corrected chi connectivity index (χ4v) is 1.89. The molecular weight excluding hydrogens is 192 g/mol. The summed E-state index contributed by atoms with van der Waals surface area (Å²) in [6, 6.07) is 0. The van der Waals surface area contributed by atoms with Crippen LogP contribution in [0, 0.1) is 0 Å². The van der Waals surface area contributed by atoms with Crippen LogP contribution in [0.5, 0.6) is 0 Å². The van der Waals surface area contributed by atoms with E-state index in [1.807, 2.05) is 0 Å². The predicted octanol–water partition coefficient (Wildman–Crippen LogP) is 4.65. The van der Waals surface area contributed by atoms with Gasteiger partial charge in [0.15, 0.2) is 0 Å². The molecule has 0 aliphatic heterocycles. The van der Waals surface area contributed by atoms with Crippen molar-refractivity contribution < 1.29 is 0 Å². The molecule has 0 unspecified atom stereocenters. The van der Waals surface area contributed by atoms with Crippen molar-refractivity contribution in [3.63, 3.8) is 0 Å². The molecule has 0 saturated carbocycles. The third-order valence-electron chi connectivity index (χ3n) is 2.79. The van der Waals surface area contributed by atoms with Gasteiger partial charge in [0.25, 0.3) is 0 Å². The van der Waals surface area contributed by atoms with Crippen LogP contribution in [-0.4, -0.2) is 0 Å². The molecule has 2 rings (SSSR count). The first-order chi connectivity index (χ1) is 7.95. The summed E-state index contributed by atoms with van der Waals surface area (Å²) in [6.07, 6.45) is 26.4. The second kappa shape index (κ2) is 6.12. The normalized spacial score (nSPS) is 31.8. The van der Waals surface area contributed by atoms with Crippen LogP contribution in [0.2, 0.25) is 0 Å². The van der Waals surface area contributed by atoms with Crippen molar-refractivity contribution in [3.05, 3.63) is 71.9 Å². The lowest BCUT2D eigenvalue weighted by atomic mass is 10.2. The Morgan fingerprint density at radius 3 is 2.31 bits per heavy atom. The van der Waals surface area contributed by atoms with Gasteiger partial charge in [-0.05, 0) is 36.8 Å². The summed E-state index contributed by atoms with van der Waals surface area (Å²) in [6.45, 7) is 0. The third kappa shape index (κ3) is 3.54. The molecule has 0 N–H and O–H groups in total.